The molecular formula is C8H7F2NO4S2. The molecule has 94 valence electrons. The molecular weight excluding hydrogens is 276 g/mol. The molecule has 1 rings (SSSR count). The maximum Gasteiger partial charge on any atom is 0.418 e. The molecule has 0 aliphatic heterocycles. The number of hydrogen-bond acceptors (Lipinski definition) is 4. The van der Waals surface area contributed by atoms with Crippen molar-refractivity contribution in [3.8, 4) is 0 Å². The van der Waals surface area contributed by atoms with E-state index in [0.29, 0.717) is 0 Å². The van der Waals surface area contributed by atoms with Gasteiger partial charge in [0, 0.05) is 4.90 Å². The van der Waals surface area contributed by atoms with Gasteiger partial charge in [-0.3, -0.25) is 0 Å². The van der Waals surface area contributed by atoms with E-state index in [1.165, 1.54) is 22.9 Å². The van der Waals surface area contributed by atoms with Crippen LogP contribution < -0.4 is 4.72 Å². The smallest absolute Gasteiger partial charge is 0.418 e. The molecule has 0 spiro atoms. The van der Waals surface area contributed by atoms with E-state index < -0.39 is 26.8 Å². The number of sulfonamides is 1. The van der Waals surface area contributed by atoms with Crippen LogP contribution in [-0.4, -0.2) is 25.4 Å². The van der Waals surface area contributed by atoms with Gasteiger partial charge in [0.05, 0.1) is 0 Å². The van der Waals surface area contributed by atoms with Gasteiger partial charge in [-0.1, -0.05) is 23.9 Å². The highest BCUT2D eigenvalue weighted by Crippen LogP contribution is 2.30. The van der Waals surface area contributed by atoms with Crippen LogP contribution >= 0.6 is 11.8 Å². The van der Waals surface area contributed by atoms with Gasteiger partial charge in [0.2, 0.25) is 0 Å². The summed E-state index contributed by atoms with van der Waals surface area (Å²) in [6.07, 6.45) is -1.78. The van der Waals surface area contributed by atoms with Gasteiger partial charge in [-0.2, -0.15) is 8.78 Å². The first kappa shape index (κ1) is 13.7. The first-order valence-corrected chi connectivity index (χ1v) is 6.49. The molecule has 0 radical (unpaired) electrons. The number of halogens is 2. The van der Waals surface area contributed by atoms with Gasteiger partial charge in [-0.25, -0.2) is 17.9 Å². The van der Waals surface area contributed by atoms with Crippen LogP contribution in [0, 0.1) is 0 Å². The van der Waals surface area contributed by atoms with Gasteiger partial charge in [0.25, 0.3) is 15.8 Å². The van der Waals surface area contributed by atoms with Gasteiger partial charge in [-0.05, 0) is 12.1 Å². The van der Waals surface area contributed by atoms with Gasteiger partial charge in [0.1, 0.15) is 4.90 Å². The molecule has 0 aliphatic carbocycles. The van der Waals surface area contributed by atoms with Crippen molar-refractivity contribution < 1.29 is 27.1 Å². The Hall–Kier alpha value is -1.35. The minimum absolute atomic E-state index is 0.0336. The van der Waals surface area contributed by atoms with Crippen LogP contribution in [0.3, 0.4) is 0 Å². The van der Waals surface area contributed by atoms with E-state index in [1.54, 1.807) is 0 Å². The molecule has 0 aromatic heterocycles. The molecule has 5 nitrogen and oxygen atoms in total. The molecule has 2 N–H and O–H groups in total. The number of nitrogens with one attached hydrogen (secondary N) is 1. The molecule has 0 fully saturated rings. The van der Waals surface area contributed by atoms with Gasteiger partial charge in [-0.15, -0.1) is 0 Å². The fraction of sp³-hybridized carbons (Fsp3) is 0.125. The number of alkyl halides is 2. The summed E-state index contributed by atoms with van der Waals surface area (Å²) in [6, 6.07) is 4.92. The maximum absolute atomic E-state index is 12.2. The number of rotatable bonds is 4. The van der Waals surface area contributed by atoms with Crippen molar-refractivity contribution in [3.63, 3.8) is 0 Å². The van der Waals surface area contributed by atoms with Crippen molar-refractivity contribution in [3.05, 3.63) is 24.3 Å². The third-order valence-corrected chi connectivity index (χ3v) is 3.87. The SMILES string of the molecule is O=C(O)NS(=O)(=O)c1ccccc1SC(F)F. The second-order valence-electron chi connectivity index (χ2n) is 2.74. The Morgan fingerprint density at radius 1 is 1.35 bits per heavy atom. The summed E-state index contributed by atoms with van der Waals surface area (Å²) in [5.41, 5.74) is 0. The van der Waals surface area contributed by atoms with Crippen molar-refractivity contribution in [1.82, 2.24) is 4.72 Å². The van der Waals surface area contributed by atoms with Crippen molar-refractivity contribution in [1.29, 1.82) is 0 Å². The molecule has 17 heavy (non-hydrogen) atoms. The third kappa shape index (κ3) is 3.86. The van der Waals surface area contributed by atoms with E-state index in [-0.39, 0.29) is 16.7 Å². The lowest BCUT2D eigenvalue weighted by Gasteiger charge is -2.08. The number of thioether (sulfide) groups is 1. The second-order valence-corrected chi connectivity index (χ2v) is 5.42. The molecule has 0 saturated carbocycles. The molecule has 1 aromatic carbocycles. The van der Waals surface area contributed by atoms with E-state index in [4.69, 9.17) is 5.11 Å². The molecule has 0 saturated heterocycles. The highest BCUT2D eigenvalue weighted by atomic mass is 32.2. The van der Waals surface area contributed by atoms with Crippen LogP contribution in [0.1, 0.15) is 0 Å². The Balaban J connectivity index is 3.17. The van der Waals surface area contributed by atoms with Crippen LogP contribution in [0.15, 0.2) is 34.1 Å². The zero-order valence-electron chi connectivity index (χ0n) is 8.13. The monoisotopic (exact) mass is 283 g/mol. The highest BCUT2D eigenvalue weighted by molar-refractivity contribution is 8.00. The molecule has 0 aliphatic rings. The van der Waals surface area contributed by atoms with Crippen molar-refractivity contribution in [2.45, 2.75) is 15.5 Å². The van der Waals surface area contributed by atoms with Crippen LogP contribution in [0.5, 0.6) is 0 Å². The van der Waals surface area contributed by atoms with E-state index >= 15 is 0 Å². The fourth-order valence-electron chi connectivity index (χ4n) is 1.04. The normalized spacial score (nSPS) is 11.5. The first-order chi connectivity index (χ1) is 7.83. The molecule has 0 bridgehead atoms. The fourth-order valence-corrected chi connectivity index (χ4v) is 2.97. The molecule has 0 unspecified atom stereocenters. The lowest BCUT2D eigenvalue weighted by Crippen LogP contribution is -2.29. The van der Waals surface area contributed by atoms with Crippen LogP contribution in [0.2, 0.25) is 0 Å². The predicted octanol–water partition coefficient (Wildman–Crippen LogP) is 1.96. The quantitative estimate of drug-likeness (QED) is 0.825. The van der Waals surface area contributed by atoms with Crippen LogP contribution in [0.25, 0.3) is 0 Å². The molecule has 0 heterocycles. The largest absolute Gasteiger partial charge is 0.464 e. The van der Waals surface area contributed by atoms with Gasteiger partial charge >= 0.3 is 6.09 Å². The number of hydrogen-bond donors (Lipinski definition) is 2. The van der Waals surface area contributed by atoms with Crippen molar-refractivity contribution in [2.75, 3.05) is 0 Å². The maximum atomic E-state index is 12.2. The summed E-state index contributed by atoms with van der Waals surface area (Å²) in [4.78, 5) is 9.57. The Morgan fingerprint density at radius 2 is 1.94 bits per heavy atom. The topological polar surface area (TPSA) is 83.5 Å². The lowest BCUT2D eigenvalue weighted by molar-refractivity contribution is 0.201. The summed E-state index contributed by atoms with van der Waals surface area (Å²) >= 11 is 0.0336. The average molecular weight is 283 g/mol. The Labute approximate surface area is 99.9 Å². The minimum atomic E-state index is -4.34. The summed E-state index contributed by atoms with van der Waals surface area (Å²) in [5, 5.41) is 8.34. The summed E-state index contributed by atoms with van der Waals surface area (Å²) < 4.78 is 48.6. The Kier molecular flexibility index (Phi) is 4.29. The first-order valence-electron chi connectivity index (χ1n) is 4.12. The highest BCUT2D eigenvalue weighted by Gasteiger charge is 2.22. The third-order valence-electron chi connectivity index (χ3n) is 1.58. The number of carboxylic acid groups (broad SMARTS) is 1. The van der Waals surface area contributed by atoms with E-state index in [2.05, 4.69) is 0 Å². The summed E-state index contributed by atoms with van der Waals surface area (Å²) in [7, 11) is -4.34. The molecule has 0 atom stereocenters. The van der Waals surface area contributed by atoms with Crippen LogP contribution in [-0.2, 0) is 10.0 Å². The van der Waals surface area contributed by atoms with E-state index in [0.717, 1.165) is 6.07 Å². The summed E-state index contributed by atoms with van der Waals surface area (Å²) in [6.45, 7) is 0. The number of amides is 1. The lowest BCUT2D eigenvalue weighted by atomic mass is 10.4. The van der Waals surface area contributed by atoms with Crippen molar-refractivity contribution in [2.24, 2.45) is 0 Å². The Morgan fingerprint density at radius 3 is 2.47 bits per heavy atom. The zero-order valence-corrected chi connectivity index (χ0v) is 9.76. The minimum Gasteiger partial charge on any atom is -0.464 e. The summed E-state index contributed by atoms with van der Waals surface area (Å²) in [5.74, 6) is -2.80. The van der Waals surface area contributed by atoms with Gasteiger partial charge < -0.3 is 5.11 Å². The molecule has 9 heteroatoms. The molecule has 1 amide bonds. The average Bonchev–Trinajstić information content (AvgIpc) is 2.15. The number of benzene rings is 1. The van der Waals surface area contributed by atoms with Gasteiger partial charge in [0.15, 0.2) is 0 Å². The van der Waals surface area contributed by atoms with Crippen molar-refractivity contribution >= 4 is 27.9 Å². The zero-order chi connectivity index (χ0) is 13.1. The van der Waals surface area contributed by atoms with Crippen LogP contribution in [0.4, 0.5) is 13.6 Å². The standard InChI is InChI=1S/C8H7F2NO4S2/c9-7(10)16-5-3-1-2-4-6(5)17(14,15)11-8(12)13/h1-4,7,11H,(H,12,13). The predicted molar refractivity (Wildman–Crippen MR) is 56.6 cm³/mol. The number of carbonyl (C=O) groups is 1. The molecule has 1 aromatic rings. The Bertz CT molecular complexity index is 518. The van der Waals surface area contributed by atoms with E-state index in [9.17, 15) is 22.0 Å². The van der Waals surface area contributed by atoms with E-state index in [1.807, 2.05) is 0 Å². The second kappa shape index (κ2) is 5.32.